The molecule has 0 aromatic carbocycles. The molecule has 11 heavy (non-hydrogen) atoms. The number of hydrogen-bond acceptors (Lipinski definition) is 2. The predicted molar refractivity (Wildman–Crippen MR) is 45.5 cm³/mol. The zero-order chi connectivity index (χ0) is 8.24. The van der Waals surface area contributed by atoms with Crippen LogP contribution in [0.25, 0.3) is 5.32 Å². The Balaban J connectivity index is -0.0000000956. The summed E-state index contributed by atoms with van der Waals surface area (Å²) in [6.07, 6.45) is 2.78. The van der Waals surface area contributed by atoms with Crippen molar-refractivity contribution in [3.05, 3.63) is 5.32 Å². The molecule has 1 saturated heterocycles. The van der Waals surface area contributed by atoms with Gasteiger partial charge in [0.05, 0.1) is 0 Å². The van der Waals surface area contributed by atoms with Crippen LogP contribution >= 0.6 is 0 Å². The van der Waals surface area contributed by atoms with Gasteiger partial charge < -0.3 is 15.7 Å². The van der Waals surface area contributed by atoms with Crippen molar-refractivity contribution in [2.24, 2.45) is 0 Å². The van der Waals surface area contributed by atoms with Crippen LogP contribution < -0.4 is 5.32 Å². The Morgan fingerprint density at radius 3 is 1.45 bits per heavy atom. The molecule has 0 aromatic heterocycles. The molecule has 3 nitrogen and oxygen atoms in total. The monoisotopic (exact) mass is 385 g/mol. The molecule has 0 atom stereocenters. The van der Waals surface area contributed by atoms with Crippen molar-refractivity contribution in [1.29, 1.82) is 0 Å². The minimum atomic E-state index is 0. The van der Waals surface area contributed by atoms with Crippen LogP contribution in [0.5, 0.6) is 0 Å². The topological polar surface area (TPSA) is 46.4 Å². The van der Waals surface area contributed by atoms with Gasteiger partial charge in [-0.15, -0.1) is 0 Å². The zero-order valence-corrected chi connectivity index (χ0v) is 11.9. The van der Waals surface area contributed by atoms with E-state index >= 15 is 0 Å². The molecule has 68 valence electrons. The molecule has 1 aliphatic heterocycles. The minimum Gasteiger partial charge on any atom is -0.668 e. The van der Waals surface area contributed by atoms with Gasteiger partial charge in [-0.1, -0.05) is 0 Å². The van der Waals surface area contributed by atoms with Crippen molar-refractivity contribution in [3.63, 3.8) is 0 Å². The molecular formula is C7H19N2OU-. The molecule has 0 spiro atoms. The van der Waals surface area contributed by atoms with Gasteiger partial charge in [-0.2, -0.15) is 14.1 Å². The molecule has 4 heteroatoms. The maximum Gasteiger partial charge on any atom is 0.0319 e. The maximum absolute atomic E-state index is 7.00. The number of aliphatic hydroxyl groups is 1. The van der Waals surface area contributed by atoms with E-state index in [2.05, 4.69) is 10.6 Å². The van der Waals surface area contributed by atoms with Gasteiger partial charge in [0.2, 0.25) is 0 Å². The van der Waals surface area contributed by atoms with E-state index in [1.807, 2.05) is 0 Å². The van der Waals surface area contributed by atoms with Gasteiger partial charge in [-0.05, 0) is 25.9 Å². The standard InChI is InChI=1S/C4H9N.C2H6N.CH4O.U/c1-2-4-5-3-1;1-3-2;1-2;/h5H,1-4H2;1-2H3;2H,1H3;/q;-1;;. The van der Waals surface area contributed by atoms with Gasteiger partial charge in [0.1, 0.15) is 0 Å². The number of hydrogen-bond donors (Lipinski definition) is 2. The summed E-state index contributed by atoms with van der Waals surface area (Å²) in [5.41, 5.74) is 0. The average Bonchev–Trinajstić information content (AvgIpc) is 2.48. The Labute approximate surface area is 93.7 Å². The quantitative estimate of drug-likeness (QED) is 0.642. The fourth-order valence-corrected chi connectivity index (χ4v) is 0.625. The van der Waals surface area contributed by atoms with Gasteiger partial charge in [-0.3, -0.25) is 0 Å². The Bertz CT molecular complexity index is 35.8. The Hall–Kier alpha value is 0.932. The molecule has 2 N–H and O–H groups in total. The van der Waals surface area contributed by atoms with E-state index < -0.39 is 0 Å². The Kier molecular flexibility index (Phi) is 36.5. The largest absolute Gasteiger partial charge is 0.668 e. The number of aliphatic hydroxyl groups excluding tert-OH is 1. The van der Waals surface area contributed by atoms with Gasteiger partial charge in [-0.25, -0.2) is 0 Å². The van der Waals surface area contributed by atoms with E-state index in [1.54, 1.807) is 14.1 Å². The van der Waals surface area contributed by atoms with E-state index in [-0.39, 0.29) is 31.1 Å². The summed E-state index contributed by atoms with van der Waals surface area (Å²) in [5.74, 6) is 0. The van der Waals surface area contributed by atoms with E-state index in [0.717, 1.165) is 7.11 Å². The average molecular weight is 385 g/mol. The molecule has 0 saturated carbocycles. The van der Waals surface area contributed by atoms with Gasteiger partial charge in [0.15, 0.2) is 0 Å². The molecule has 0 bridgehead atoms. The summed E-state index contributed by atoms with van der Waals surface area (Å²) in [6.45, 7) is 2.50. The Morgan fingerprint density at radius 2 is 1.36 bits per heavy atom. The first-order valence-electron chi connectivity index (χ1n) is 3.55. The summed E-state index contributed by atoms with van der Waals surface area (Å²) < 4.78 is 0. The van der Waals surface area contributed by atoms with Crippen molar-refractivity contribution < 1.29 is 36.2 Å². The first-order chi connectivity index (χ1) is 4.91. The van der Waals surface area contributed by atoms with Crippen LogP contribution in [0.4, 0.5) is 0 Å². The van der Waals surface area contributed by atoms with Crippen LogP contribution in [0.1, 0.15) is 12.8 Å². The van der Waals surface area contributed by atoms with Crippen LogP contribution in [-0.2, 0) is 0 Å². The van der Waals surface area contributed by atoms with Crippen LogP contribution in [0.2, 0.25) is 0 Å². The van der Waals surface area contributed by atoms with Gasteiger partial charge in [0.25, 0.3) is 0 Å². The zero-order valence-electron chi connectivity index (χ0n) is 7.72. The SMILES string of the molecule is C1CCNC1.CO.C[N-]C.[U]. The molecule has 0 aliphatic carbocycles. The van der Waals surface area contributed by atoms with E-state index in [4.69, 9.17) is 5.11 Å². The van der Waals surface area contributed by atoms with E-state index in [0.29, 0.717) is 0 Å². The summed E-state index contributed by atoms with van der Waals surface area (Å²) in [5, 5.41) is 13.7. The summed E-state index contributed by atoms with van der Waals surface area (Å²) in [6, 6.07) is 0. The second kappa shape index (κ2) is 22.4. The maximum atomic E-state index is 7.00. The second-order valence-electron chi connectivity index (χ2n) is 1.90. The first kappa shape index (κ1) is 17.9. The number of nitrogens with one attached hydrogen (secondary N) is 1. The fraction of sp³-hybridized carbons (Fsp3) is 1.00. The van der Waals surface area contributed by atoms with Crippen molar-refractivity contribution >= 4 is 0 Å². The van der Waals surface area contributed by atoms with Gasteiger partial charge in [0, 0.05) is 38.2 Å². The summed E-state index contributed by atoms with van der Waals surface area (Å²) >= 11 is 0. The molecule has 1 heterocycles. The Morgan fingerprint density at radius 1 is 1.09 bits per heavy atom. The third-order valence-corrected chi connectivity index (χ3v) is 0.957. The third-order valence-electron chi connectivity index (χ3n) is 0.957. The van der Waals surface area contributed by atoms with Gasteiger partial charge >= 0.3 is 0 Å². The van der Waals surface area contributed by atoms with Crippen molar-refractivity contribution in [1.82, 2.24) is 5.32 Å². The van der Waals surface area contributed by atoms with Crippen LogP contribution in [-0.4, -0.2) is 39.4 Å². The molecular weight excluding hydrogens is 366 g/mol. The molecule has 0 aromatic rings. The predicted octanol–water partition coefficient (Wildman–Crippen LogP) is 0.598. The summed E-state index contributed by atoms with van der Waals surface area (Å²) in [7, 11) is 4.50. The number of nitrogens with zero attached hydrogens (tertiary/aromatic N) is 1. The molecule has 1 fully saturated rings. The van der Waals surface area contributed by atoms with E-state index in [1.165, 1.54) is 25.9 Å². The molecule has 1 rings (SSSR count). The van der Waals surface area contributed by atoms with Crippen LogP contribution in [0.3, 0.4) is 0 Å². The summed E-state index contributed by atoms with van der Waals surface area (Å²) in [4.78, 5) is 0. The molecule has 1 aliphatic rings. The molecule has 0 unspecified atom stereocenters. The minimum absolute atomic E-state index is 0. The molecule has 0 radical (unpaired) electrons. The van der Waals surface area contributed by atoms with Crippen molar-refractivity contribution in [3.8, 4) is 0 Å². The first-order valence-corrected chi connectivity index (χ1v) is 3.55. The normalized spacial score (nSPS) is 13.1. The molecule has 0 amide bonds. The van der Waals surface area contributed by atoms with Crippen molar-refractivity contribution in [2.75, 3.05) is 34.3 Å². The fourth-order valence-electron chi connectivity index (χ4n) is 0.625. The van der Waals surface area contributed by atoms with E-state index in [9.17, 15) is 0 Å². The third kappa shape index (κ3) is 24.8. The second-order valence-corrected chi connectivity index (χ2v) is 1.90. The smallest absolute Gasteiger partial charge is 0.0319 e. The van der Waals surface area contributed by atoms with Crippen LogP contribution in [0, 0.1) is 31.1 Å². The van der Waals surface area contributed by atoms with Crippen LogP contribution in [0.15, 0.2) is 0 Å². The van der Waals surface area contributed by atoms with Crippen molar-refractivity contribution in [2.45, 2.75) is 12.8 Å². The number of rotatable bonds is 0.